The van der Waals surface area contributed by atoms with Crippen LogP contribution in [-0.2, 0) is 0 Å². The summed E-state index contributed by atoms with van der Waals surface area (Å²) in [5, 5.41) is 11.2. The first-order valence-electron chi connectivity index (χ1n) is 10.7. The molecule has 4 heterocycles. The lowest BCUT2D eigenvalue weighted by molar-refractivity contribution is 0.0746. The number of tetrazole rings is 1. The summed E-state index contributed by atoms with van der Waals surface area (Å²) in [6.07, 6.45) is 3.95. The van der Waals surface area contributed by atoms with Crippen molar-refractivity contribution in [3.8, 4) is 5.69 Å². The van der Waals surface area contributed by atoms with Gasteiger partial charge in [-0.05, 0) is 48.4 Å². The van der Waals surface area contributed by atoms with E-state index in [1.54, 1.807) is 4.68 Å². The topological polar surface area (TPSA) is 96.2 Å². The summed E-state index contributed by atoms with van der Waals surface area (Å²) in [5.74, 6) is 1.78. The lowest BCUT2D eigenvalue weighted by Crippen LogP contribution is -2.49. The Morgan fingerprint density at radius 3 is 2.48 bits per heavy atom. The average Bonchev–Trinajstić information content (AvgIpc) is 3.53. The molecular weight excluding hydrogens is 394 g/mol. The van der Waals surface area contributed by atoms with Crippen LogP contribution in [-0.4, -0.2) is 80.3 Å². The van der Waals surface area contributed by atoms with E-state index < -0.39 is 0 Å². The fraction of sp³-hybridized carbons (Fsp3) is 0.429. The van der Waals surface area contributed by atoms with E-state index in [-0.39, 0.29) is 5.91 Å². The molecule has 160 valence electrons. The van der Waals surface area contributed by atoms with Crippen LogP contribution in [0.25, 0.3) is 5.69 Å². The van der Waals surface area contributed by atoms with Crippen LogP contribution in [0.4, 0.5) is 11.8 Å². The molecule has 0 saturated carbocycles. The predicted octanol–water partition coefficient (Wildman–Crippen LogP) is 1.32. The average molecular weight is 419 g/mol. The van der Waals surface area contributed by atoms with E-state index in [0.717, 1.165) is 36.2 Å². The van der Waals surface area contributed by atoms with Gasteiger partial charge in [0.15, 0.2) is 0 Å². The second kappa shape index (κ2) is 8.29. The van der Waals surface area contributed by atoms with Crippen molar-refractivity contribution >= 4 is 17.7 Å². The standard InChI is InChI=1S/C21H25N9O/c1-16-13-19(27-7-2-3-8-27)24-21(23-16)29-11-9-28(10-12-29)20(31)17-5-4-6-18(14-17)30-15-22-25-26-30/h4-6,13-15H,2-3,7-12H2,1H3. The Morgan fingerprint density at radius 1 is 0.935 bits per heavy atom. The molecule has 31 heavy (non-hydrogen) atoms. The van der Waals surface area contributed by atoms with Gasteiger partial charge in [-0.2, -0.15) is 4.98 Å². The molecule has 0 atom stereocenters. The van der Waals surface area contributed by atoms with Crippen molar-refractivity contribution in [2.45, 2.75) is 19.8 Å². The number of aromatic nitrogens is 6. The summed E-state index contributed by atoms with van der Waals surface area (Å²) >= 11 is 0. The maximum absolute atomic E-state index is 13.1. The minimum atomic E-state index is 0.0116. The third-order valence-electron chi connectivity index (χ3n) is 5.82. The monoisotopic (exact) mass is 419 g/mol. The van der Waals surface area contributed by atoms with E-state index in [9.17, 15) is 4.79 Å². The van der Waals surface area contributed by atoms with Crippen molar-refractivity contribution < 1.29 is 4.79 Å². The summed E-state index contributed by atoms with van der Waals surface area (Å²) in [4.78, 5) is 28.9. The van der Waals surface area contributed by atoms with Crippen LogP contribution in [0.2, 0.25) is 0 Å². The first kappa shape index (κ1) is 19.4. The highest BCUT2D eigenvalue weighted by atomic mass is 16.2. The predicted molar refractivity (Wildman–Crippen MR) is 115 cm³/mol. The molecule has 2 saturated heterocycles. The maximum Gasteiger partial charge on any atom is 0.254 e. The van der Waals surface area contributed by atoms with E-state index in [1.165, 1.54) is 19.2 Å². The van der Waals surface area contributed by atoms with E-state index in [0.29, 0.717) is 31.7 Å². The van der Waals surface area contributed by atoms with Crippen molar-refractivity contribution in [2.24, 2.45) is 0 Å². The maximum atomic E-state index is 13.1. The molecule has 0 spiro atoms. The number of piperazine rings is 1. The molecule has 2 fully saturated rings. The number of hydrogen-bond acceptors (Lipinski definition) is 8. The van der Waals surface area contributed by atoms with Crippen LogP contribution >= 0.6 is 0 Å². The molecule has 2 aromatic heterocycles. The summed E-state index contributed by atoms with van der Waals surface area (Å²) < 4.78 is 1.54. The van der Waals surface area contributed by atoms with Gasteiger partial charge in [-0.15, -0.1) is 5.10 Å². The molecule has 10 nitrogen and oxygen atoms in total. The van der Waals surface area contributed by atoms with E-state index in [4.69, 9.17) is 4.98 Å². The molecule has 10 heteroatoms. The lowest BCUT2D eigenvalue weighted by atomic mass is 10.1. The molecule has 2 aliphatic heterocycles. The lowest BCUT2D eigenvalue weighted by Gasteiger charge is -2.35. The highest BCUT2D eigenvalue weighted by Gasteiger charge is 2.25. The zero-order chi connectivity index (χ0) is 21.2. The molecule has 2 aliphatic rings. The molecule has 0 N–H and O–H groups in total. The molecule has 1 amide bonds. The number of benzene rings is 1. The Morgan fingerprint density at radius 2 is 1.74 bits per heavy atom. The van der Waals surface area contributed by atoms with Gasteiger partial charge in [-0.25, -0.2) is 9.67 Å². The molecule has 0 bridgehead atoms. The van der Waals surface area contributed by atoms with E-state index in [2.05, 4.69) is 36.4 Å². The molecule has 0 radical (unpaired) electrons. The zero-order valence-corrected chi connectivity index (χ0v) is 17.6. The molecule has 3 aromatic rings. The minimum absolute atomic E-state index is 0.0116. The SMILES string of the molecule is Cc1cc(N2CCCC2)nc(N2CCN(C(=O)c3cccc(-n4cnnn4)c3)CC2)n1. The number of nitrogens with zero attached hydrogens (tertiary/aromatic N) is 9. The Kier molecular flexibility index (Phi) is 5.19. The normalized spacial score (nSPS) is 16.7. The number of carbonyl (C=O) groups excluding carboxylic acids is 1. The van der Waals surface area contributed by atoms with Crippen molar-refractivity contribution in [1.29, 1.82) is 0 Å². The molecule has 0 unspecified atom stereocenters. The van der Waals surface area contributed by atoms with Crippen LogP contribution in [0, 0.1) is 6.92 Å². The zero-order valence-electron chi connectivity index (χ0n) is 17.6. The largest absolute Gasteiger partial charge is 0.356 e. The Bertz CT molecular complexity index is 1050. The number of amides is 1. The third-order valence-corrected chi connectivity index (χ3v) is 5.82. The van der Waals surface area contributed by atoms with Crippen molar-refractivity contribution in [3.63, 3.8) is 0 Å². The van der Waals surface area contributed by atoms with Crippen LogP contribution in [0.15, 0.2) is 36.7 Å². The van der Waals surface area contributed by atoms with Gasteiger partial charge in [0.1, 0.15) is 12.1 Å². The van der Waals surface area contributed by atoms with Gasteiger partial charge >= 0.3 is 0 Å². The van der Waals surface area contributed by atoms with Gasteiger partial charge in [0.25, 0.3) is 5.91 Å². The van der Waals surface area contributed by atoms with Gasteiger partial charge in [0, 0.05) is 56.6 Å². The molecule has 5 rings (SSSR count). The molecule has 1 aromatic carbocycles. The highest BCUT2D eigenvalue weighted by Crippen LogP contribution is 2.22. The minimum Gasteiger partial charge on any atom is -0.356 e. The smallest absolute Gasteiger partial charge is 0.254 e. The Hall–Kier alpha value is -3.56. The van der Waals surface area contributed by atoms with Crippen LogP contribution in [0.5, 0.6) is 0 Å². The van der Waals surface area contributed by atoms with Crippen LogP contribution < -0.4 is 9.80 Å². The summed E-state index contributed by atoms with van der Waals surface area (Å²) in [7, 11) is 0. The molecular formula is C21H25N9O. The van der Waals surface area contributed by atoms with Gasteiger partial charge in [-0.3, -0.25) is 4.79 Å². The summed E-state index contributed by atoms with van der Waals surface area (Å²) in [6, 6.07) is 9.43. The van der Waals surface area contributed by atoms with Gasteiger partial charge in [0.2, 0.25) is 5.95 Å². The van der Waals surface area contributed by atoms with Gasteiger partial charge < -0.3 is 14.7 Å². The second-order valence-electron chi connectivity index (χ2n) is 7.95. The number of rotatable bonds is 4. The van der Waals surface area contributed by atoms with Gasteiger partial charge in [0.05, 0.1) is 5.69 Å². The summed E-state index contributed by atoms with van der Waals surface area (Å²) in [6.45, 7) is 6.81. The van der Waals surface area contributed by atoms with Crippen LogP contribution in [0.1, 0.15) is 28.9 Å². The number of hydrogen-bond donors (Lipinski definition) is 0. The molecule has 0 aliphatic carbocycles. The van der Waals surface area contributed by atoms with E-state index in [1.807, 2.05) is 36.1 Å². The Balaban J connectivity index is 1.27. The second-order valence-corrected chi connectivity index (χ2v) is 7.95. The van der Waals surface area contributed by atoms with Gasteiger partial charge in [-0.1, -0.05) is 6.07 Å². The fourth-order valence-corrected chi connectivity index (χ4v) is 4.14. The van der Waals surface area contributed by atoms with Crippen LogP contribution in [0.3, 0.4) is 0 Å². The Labute approximate surface area is 180 Å². The number of carbonyl (C=O) groups is 1. The first-order valence-corrected chi connectivity index (χ1v) is 10.7. The first-order chi connectivity index (χ1) is 15.2. The number of anilines is 2. The van der Waals surface area contributed by atoms with Crippen molar-refractivity contribution in [2.75, 3.05) is 49.1 Å². The van der Waals surface area contributed by atoms with E-state index >= 15 is 0 Å². The quantitative estimate of drug-likeness (QED) is 0.625. The summed E-state index contributed by atoms with van der Waals surface area (Å²) in [5.41, 5.74) is 2.37. The van der Waals surface area contributed by atoms with Crippen molar-refractivity contribution in [3.05, 3.63) is 47.9 Å². The fourth-order valence-electron chi connectivity index (χ4n) is 4.14. The van der Waals surface area contributed by atoms with Crippen molar-refractivity contribution in [1.82, 2.24) is 35.1 Å². The highest BCUT2D eigenvalue weighted by molar-refractivity contribution is 5.95. The number of aryl methyl sites for hydroxylation is 1. The third kappa shape index (κ3) is 4.05.